The maximum absolute atomic E-state index is 11.7. The number of rotatable bonds is 7. The third-order valence-electron chi connectivity index (χ3n) is 4.40. The van der Waals surface area contributed by atoms with Crippen molar-refractivity contribution in [3.05, 3.63) is 46.3 Å². The average Bonchev–Trinajstić information content (AvgIpc) is 2.91. The van der Waals surface area contributed by atoms with Crippen LogP contribution < -0.4 is 10.6 Å². The van der Waals surface area contributed by atoms with Gasteiger partial charge in [0.1, 0.15) is 5.76 Å². The lowest BCUT2D eigenvalue weighted by Crippen LogP contribution is -2.37. The van der Waals surface area contributed by atoms with E-state index in [0.717, 1.165) is 42.0 Å². The molecule has 0 radical (unpaired) electrons. The Morgan fingerprint density at radius 3 is 2.52 bits per heavy atom. The summed E-state index contributed by atoms with van der Waals surface area (Å²) in [5.74, 6) is 1.58. The van der Waals surface area contributed by atoms with Crippen LogP contribution in [0.4, 0.5) is 0 Å². The SMILES string of the molecule is CN=C(NCCCc1c(C)noc1C)NCc1ccc(S(C)(=O)=O)c(C)c1. The molecule has 2 aromatic rings. The molecular weight excluding hydrogens is 364 g/mol. The molecule has 0 fully saturated rings. The molecule has 0 unspecified atom stereocenters. The molecule has 0 bridgehead atoms. The Bertz CT molecular complexity index is 898. The lowest BCUT2D eigenvalue weighted by Gasteiger charge is -2.13. The van der Waals surface area contributed by atoms with E-state index in [-0.39, 0.29) is 0 Å². The zero-order valence-corrected chi connectivity index (χ0v) is 17.4. The van der Waals surface area contributed by atoms with Gasteiger partial charge in [0.25, 0.3) is 0 Å². The predicted octanol–water partition coefficient (Wildman–Crippen LogP) is 2.30. The van der Waals surface area contributed by atoms with Crippen molar-refractivity contribution < 1.29 is 12.9 Å². The average molecular weight is 393 g/mol. The summed E-state index contributed by atoms with van der Waals surface area (Å²) in [5.41, 5.74) is 3.86. The van der Waals surface area contributed by atoms with Crippen molar-refractivity contribution in [1.82, 2.24) is 15.8 Å². The number of nitrogens with zero attached hydrogens (tertiary/aromatic N) is 2. The van der Waals surface area contributed by atoms with Crippen LogP contribution in [0.2, 0.25) is 0 Å². The minimum atomic E-state index is -3.19. The Morgan fingerprint density at radius 1 is 1.22 bits per heavy atom. The standard InChI is InChI=1S/C19H28N4O3S/c1-13-11-16(8-9-18(13)27(5,24)25)12-22-19(20-4)21-10-6-7-17-14(2)23-26-15(17)3/h8-9,11H,6-7,10,12H2,1-5H3,(H2,20,21,22). The highest BCUT2D eigenvalue weighted by Crippen LogP contribution is 2.16. The number of nitrogens with one attached hydrogen (secondary N) is 2. The molecule has 1 heterocycles. The number of sulfone groups is 1. The molecule has 2 rings (SSSR count). The first-order valence-electron chi connectivity index (χ1n) is 8.88. The van der Waals surface area contributed by atoms with E-state index in [9.17, 15) is 8.42 Å². The number of benzene rings is 1. The van der Waals surface area contributed by atoms with Crippen molar-refractivity contribution in [3.63, 3.8) is 0 Å². The maximum atomic E-state index is 11.7. The number of aryl methyl sites for hydroxylation is 3. The summed E-state index contributed by atoms with van der Waals surface area (Å²) in [7, 11) is -1.47. The molecule has 1 aromatic carbocycles. The highest BCUT2D eigenvalue weighted by Gasteiger charge is 2.11. The molecule has 7 nitrogen and oxygen atoms in total. The smallest absolute Gasteiger partial charge is 0.191 e. The van der Waals surface area contributed by atoms with Crippen LogP contribution in [0.3, 0.4) is 0 Å². The largest absolute Gasteiger partial charge is 0.361 e. The highest BCUT2D eigenvalue weighted by atomic mass is 32.2. The third kappa shape index (κ3) is 5.82. The fourth-order valence-corrected chi connectivity index (χ4v) is 3.93. The Labute approximate surface area is 161 Å². The number of aromatic nitrogens is 1. The van der Waals surface area contributed by atoms with Crippen LogP contribution in [0.1, 0.15) is 34.6 Å². The number of hydrogen-bond donors (Lipinski definition) is 2. The summed E-state index contributed by atoms with van der Waals surface area (Å²) in [6.45, 7) is 7.03. The van der Waals surface area contributed by atoms with Crippen molar-refractivity contribution in [2.45, 2.75) is 45.1 Å². The summed E-state index contributed by atoms with van der Waals surface area (Å²) in [6.07, 6.45) is 3.06. The summed E-state index contributed by atoms with van der Waals surface area (Å²) in [5, 5.41) is 10.5. The molecule has 1 aromatic heterocycles. The van der Waals surface area contributed by atoms with Gasteiger partial charge in [-0.25, -0.2) is 8.42 Å². The maximum Gasteiger partial charge on any atom is 0.191 e. The minimum absolute atomic E-state index is 0.369. The summed E-state index contributed by atoms with van der Waals surface area (Å²) >= 11 is 0. The number of aliphatic imine (C=N–C) groups is 1. The number of guanidine groups is 1. The molecule has 0 saturated carbocycles. The van der Waals surface area contributed by atoms with Gasteiger partial charge in [-0.05, 0) is 50.8 Å². The van der Waals surface area contributed by atoms with Gasteiger partial charge >= 0.3 is 0 Å². The minimum Gasteiger partial charge on any atom is -0.361 e. The van der Waals surface area contributed by atoms with E-state index >= 15 is 0 Å². The Hall–Kier alpha value is -2.35. The second kappa shape index (κ2) is 9.03. The molecule has 0 atom stereocenters. The van der Waals surface area contributed by atoms with Crippen LogP contribution in [0.15, 0.2) is 32.6 Å². The van der Waals surface area contributed by atoms with Gasteiger partial charge in [0.05, 0.1) is 10.6 Å². The lowest BCUT2D eigenvalue weighted by atomic mass is 10.1. The first-order chi connectivity index (χ1) is 12.7. The van der Waals surface area contributed by atoms with Gasteiger partial charge < -0.3 is 15.2 Å². The monoisotopic (exact) mass is 392 g/mol. The zero-order chi connectivity index (χ0) is 20.0. The van der Waals surface area contributed by atoms with Crippen LogP contribution in [0, 0.1) is 20.8 Å². The van der Waals surface area contributed by atoms with E-state index in [4.69, 9.17) is 4.52 Å². The van der Waals surface area contributed by atoms with Crippen molar-refractivity contribution in [1.29, 1.82) is 0 Å². The Kier molecular flexibility index (Phi) is 7.01. The third-order valence-corrected chi connectivity index (χ3v) is 5.66. The van der Waals surface area contributed by atoms with E-state index in [1.807, 2.05) is 32.9 Å². The van der Waals surface area contributed by atoms with Crippen molar-refractivity contribution >= 4 is 15.8 Å². The van der Waals surface area contributed by atoms with Gasteiger partial charge in [-0.1, -0.05) is 17.3 Å². The van der Waals surface area contributed by atoms with Crippen LogP contribution >= 0.6 is 0 Å². The second-order valence-corrected chi connectivity index (χ2v) is 8.61. The zero-order valence-electron chi connectivity index (χ0n) is 16.6. The quantitative estimate of drug-likeness (QED) is 0.426. The van der Waals surface area contributed by atoms with Crippen LogP contribution in [-0.4, -0.2) is 39.4 Å². The Balaban J connectivity index is 1.83. The molecule has 0 spiro atoms. The van der Waals surface area contributed by atoms with Gasteiger partial charge in [0.15, 0.2) is 15.8 Å². The van der Waals surface area contributed by atoms with E-state index in [2.05, 4.69) is 20.8 Å². The lowest BCUT2D eigenvalue weighted by molar-refractivity contribution is 0.392. The molecule has 0 aliphatic rings. The first-order valence-corrected chi connectivity index (χ1v) is 10.8. The van der Waals surface area contributed by atoms with Gasteiger partial charge in [-0.15, -0.1) is 0 Å². The van der Waals surface area contributed by atoms with E-state index in [1.54, 1.807) is 13.1 Å². The van der Waals surface area contributed by atoms with Gasteiger partial charge in [0.2, 0.25) is 0 Å². The van der Waals surface area contributed by atoms with Crippen molar-refractivity contribution in [2.75, 3.05) is 19.8 Å². The summed E-state index contributed by atoms with van der Waals surface area (Å²) in [4.78, 5) is 4.59. The van der Waals surface area contributed by atoms with Crippen LogP contribution in [0.25, 0.3) is 0 Å². The van der Waals surface area contributed by atoms with Gasteiger partial charge in [0, 0.05) is 32.0 Å². The molecule has 0 aliphatic carbocycles. The van der Waals surface area contributed by atoms with Crippen LogP contribution in [0.5, 0.6) is 0 Å². The fraction of sp³-hybridized carbons (Fsp3) is 0.474. The first kappa shape index (κ1) is 21.0. The topological polar surface area (TPSA) is 96.6 Å². The highest BCUT2D eigenvalue weighted by molar-refractivity contribution is 7.90. The molecule has 148 valence electrons. The predicted molar refractivity (Wildman–Crippen MR) is 107 cm³/mol. The molecule has 0 amide bonds. The molecule has 8 heteroatoms. The molecule has 0 aliphatic heterocycles. The van der Waals surface area contributed by atoms with Gasteiger partial charge in [-0.2, -0.15) is 0 Å². The fourth-order valence-electron chi connectivity index (χ4n) is 2.97. The molecule has 27 heavy (non-hydrogen) atoms. The molecule has 0 saturated heterocycles. The van der Waals surface area contributed by atoms with Gasteiger partial charge in [-0.3, -0.25) is 4.99 Å². The van der Waals surface area contributed by atoms with Crippen molar-refractivity contribution in [3.8, 4) is 0 Å². The Morgan fingerprint density at radius 2 is 1.96 bits per heavy atom. The summed E-state index contributed by atoms with van der Waals surface area (Å²) in [6, 6.07) is 5.36. The normalized spacial score (nSPS) is 12.3. The number of hydrogen-bond acceptors (Lipinski definition) is 5. The van der Waals surface area contributed by atoms with E-state index < -0.39 is 9.84 Å². The molecular formula is C19H28N4O3S. The van der Waals surface area contributed by atoms with E-state index in [1.165, 1.54) is 11.8 Å². The molecule has 2 N–H and O–H groups in total. The summed E-state index contributed by atoms with van der Waals surface area (Å²) < 4.78 is 28.6. The van der Waals surface area contributed by atoms with E-state index in [0.29, 0.717) is 17.4 Å². The van der Waals surface area contributed by atoms with Crippen LogP contribution in [-0.2, 0) is 22.8 Å². The van der Waals surface area contributed by atoms with Crippen molar-refractivity contribution in [2.24, 2.45) is 4.99 Å². The second-order valence-electron chi connectivity index (χ2n) is 6.63.